The number of amides is 2. The highest BCUT2D eigenvalue weighted by Gasteiger charge is 2.19. The summed E-state index contributed by atoms with van der Waals surface area (Å²) < 4.78 is 0.364. The highest BCUT2D eigenvalue weighted by molar-refractivity contribution is 9.10. The van der Waals surface area contributed by atoms with Gasteiger partial charge in [-0.05, 0) is 33.6 Å². The van der Waals surface area contributed by atoms with Crippen LogP contribution in [0.15, 0.2) is 59.1 Å². The number of anilines is 1. The molecule has 2 aromatic carbocycles. The van der Waals surface area contributed by atoms with Gasteiger partial charge < -0.3 is 10.6 Å². The number of hydrogen-bond donors (Lipinski definition) is 3. The van der Waals surface area contributed by atoms with E-state index in [0.717, 1.165) is 5.56 Å². The quantitative estimate of drug-likeness (QED) is 0.568. The Labute approximate surface area is 163 Å². The Morgan fingerprint density at radius 1 is 1.04 bits per heavy atom. The molecule has 8 heteroatoms. The topological polar surface area (TPSA) is 86.9 Å². The molecule has 3 N–H and O–H groups in total. The zero-order chi connectivity index (χ0) is 18.5. The number of halogens is 2. The highest BCUT2D eigenvalue weighted by Crippen LogP contribution is 2.25. The summed E-state index contributed by atoms with van der Waals surface area (Å²) in [7, 11) is 0. The minimum atomic E-state index is -0.418. The van der Waals surface area contributed by atoms with Gasteiger partial charge >= 0.3 is 0 Å². The third-order valence-electron chi connectivity index (χ3n) is 3.58. The number of H-pyrrole nitrogens is 1. The van der Waals surface area contributed by atoms with Crippen LogP contribution in [0.2, 0.25) is 5.02 Å². The predicted molar refractivity (Wildman–Crippen MR) is 103 cm³/mol. The molecular formula is C18H14BrClN4O2. The van der Waals surface area contributed by atoms with Crippen LogP contribution >= 0.6 is 27.5 Å². The summed E-state index contributed by atoms with van der Waals surface area (Å²) >= 11 is 9.31. The van der Waals surface area contributed by atoms with Gasteiger partial charge in [0, 0.05) is 6.54 Å². The van der Waals surface area contributed by atoms with E-state index in [1.807, 2.05) is 30.3 Å². The maximum atomic E-state index is 12.3. The van der Waals surface area contributed by atoms with Crippen LogP contribution in [0.25, 0.3) is 0 Å². The van der Waals surface area contributed by atoms with Crippen LogP contribution in [0.4, 0.5) is 5.82 Å². The van der Waals surface area contributed by atoms with Gasteiger partial charge in [-0.15, -0.1) is 0 Å². The Bertz CT molecular complexity index is 943. The summed E-state index contributed by atoms with van der Waals surface area (Å²) in [6.07, 6.45) is 0. The number of carbonyl (C=O) groups excluding carboxylic acids is 2. The van der Waals surface area contributed by atoms with Crippen molar-refractivity contribution in [1.82, 2.24) is 15.5 Å². The second kappa shape index (κ2) is 8.16. The molecule has 0 saturated heterocycles. The van der Waals surface area contributed by atoms with E-state index in [2.05, 4.69) is 36.8 Å². The number of nitrogens with zero attached hydrogens (tertiary/aromatic N) is 1. The maximum Gasteiger partial charge on any atom is 0.270 e. The number of aromatic nitrogens is 2. The molecule has 0 radical (unpaired) electrons. The monoisotopic (exact) mass is 432 g/mol. The van der Waals surface area contributed by atoms with Gasteiger partial charge in [-0.1, -0.05) is 54.1 Å². The average molecular weight is 434 g/mol. The first-order valence-electron chi connectivity index (χ1n) is 7.68. The lowest BCUT2D eigenvalue weighted by Crippen LogP contribution is -2.23. The van der Waals surface area contributed by atoms with Crippen molar-refractivity contribution in [2.45, 2.75) is 6.54 Å². The first kappa shape index (κ1) is 18.2. The molecule has 0 aliphatic rings. The summed E-state index contributed by atoms with van der Waals surface area (Å²) in [5, 5.41) is 12.3. The van der Waals surface area contributed by atoms with Crippen LogP contribution in [-0.4, -0.2) is 22.0 Å². The molecule has 1 aromatic heterocycles. The van der Waals surface area contributed by atoms with Gasteiger partial charge in [0.1, 0.15) is 5.69 Å². The van der Waals surface area contributed by atoms with E-state index < -0.39 is 5.91 Å². The van der Waals surface area contributed by atoms with Crippen LogP contribution < -0.4 is 10.6 Å². The highest BCUT2D eigenvalue weighted by atomic mass is 79.9. The first-order valence-corrected chi connectivity index (χ1v) is 8.85. The van der Waals surface area contributed by atoms with Crippen molar-refractivity contribution >= 4 is 45.2 Å². The predicted octanol–water partition coefficient (Wildman–Crippen LogP) is 4.01. The van der Waals surface area contributed by atoms with Gasteiger partial charge in [-0.25, -0.2) is 0 Å². The Morgan fingerprint density at radius 3 is 2.46 bits per heavy atom. The summed E-state index contributed by atoms with van der Waals surface area (Å²) in [4.78, 5) is 24.6. The minimum Gasteiger partial charge on any atom is -0.347 e. The van der Waals surface area contributed by atoms with Crippen LogP contribution in [0.3, 0.4) is 0 Å². The molecule has 0 aliphatic heterocycles. The zero-order valence-electron chi connectivity index (χ0n) is 13.4. The number of carbonyl (C=O) groups is 2. The van der Waals surface area contributed by atoms with Crippen molar-refractivity contribution in [2.24, 2.45) is 0 Å². The molecule has 3 aromatic rings. The number of rotatable bonds is 5. The van der Waals surface area contributed by atoms with Gasteiger partial charge in [0.2, 0.25) is 0 Å². The van der Waals surface area contributed by atoms with Crippen LogP contribution in [0, 0.1) is 0 Å². The molecular weight excluding hydrogens is 420 g/mol. The van der Waals surface area contributed by atoms with E-state index in [1.54, 1.807) is 24.3 Å². The summed E-state index contributed by atoms with van der Waals surface area (Å²) in [6, 6.07) is 16.2. The number of benzene rings is 2. The molecule has 0 fully saturated rings. The van der Waals surface area contributed by atoms with E-state index in [4.69, 9.17) is 11.6 Å². The summed E-state index contributed by atoms with van der Waals surface area (Å²) in [6.45, 7) is 0.381. The summed E-state index contributed by atoms with van der Waals surface area (Å²) in [5.41, 5.74) is 1.51. The van der Waals surface area contributed by atoms with Crippen molar-refractivity contribution in [1.29, 1.82) is 0 Å². The van der Waals surface area contributed by atoms with Gasteiger partial charge in [0.25, 0.3) is 11.8 Å². The lowest BCUT2D eigenvalue weighted by Gasteiger charge is -2.05. The maximum absolute atomic E-state index is 12.3. The van der Waals surface area contributed by atoms with Crippen LogP contribution in [-0.2, 0) is 6.54 Å². The number of nitrogens with one attached hydrogen (secondary N) is 3. The minimum absolute atomic E-state index is 0.208. The van der Waals surface area contributed by atoms with Gasteiger partial charge in [0.05, 0.1) is 15.1 Å². The van der Waals surface area contributed by atoms with E-state index in [9.17, 15) is 9.59 Å². The molecule has 132 valence electrons. The Hall–Kier alpha value is -2.64. The van der Waals surface area contributed by atoms with Gasteiger partial charge in [0.15, 0.2) is 5.82 Å². The Balaban J connectivity index is 1.68. The summed E-state index contributed by atoms with van der Waals surface area (Å²) in [5.74, 6) is -0.551. The van der Waals surface area contributed by atoms with Crippen molar-refractivity contribution < 1.29 is 9.59 Å². The van der Waals surface area contributed by atoms with Crippen molar-refractivity contribution in [3.8, 4) is 0 Å². The molecule has 0 unspecified atom stereocenters. The molecule has 0 aliphatic carbocycles. The van der Waals surface area contributed by atoms with Crippen molar-refractivity contribution in [3.63, 3.8) is 0 Å². The third-order valence-corrected chi connectivity index (χ3v) is 4.68. The van der Waals surface area contributed by atoms with Gasteiger partial charge in [-0.3, -0.25) is 14.7 Å². The molecule has 0 spiro atoms. The fraction of sp³-hybridized carbons (Fsp3) is 0.0556. The average Bonchev–Trinajstić information content (AvgIpc) is 3.01. The van der Waals surface area contributed by atoms with E-state index in [0.29, 0.717) is 21.6 Å². The normalized spacial score (nSPS) is 10.4. The third kappa shape index (κ3) is 4.12. The van der Waals surface area contributed by atoms with Crippen molar-refractivity contribution in [2.75, 3.05) is 5.32 Å². The Morgan fingerprint density at radius 2 is 1.73 bits per heavy atom. The fourth-order valence-electron chi connectivity index (χ4n) is 2.25. The number of hydrogen-bond acceptors (Lipinski definition) is 3. The molecule has 0 bridgehead atoms. The molecule has 0 saturated carbocycles. The second-order valence-corrected chi connectivity index (χ2v) is 6.56. The molecule has 3 rings (SSSR count). The van der Waals surface area contributed by atoms with Gasteiger partial charge in [-0.2, -0.15) is 5.10 Å². The first-order chi connectivity index (χ1) is 12.6. The standard InChI is InChI=1S/C18H14BrClN4O2/c19-14-15(18(26)21-10-11-6-2-1-3-7-11)23-24-16(14)22-17(25)12-8-4-5-9-13(12)20/h1-9H,10H2,(H,21,26)(H2,22,23,24,25). The van der Waals surface area contributed by atoms with Crippen LogP contribution in [0.1, 0.15) is 26.4 Å². The van der Waals surface area contributed by atoms with E-state index >= 15 is 0 Å². The van der Waals surface area contributed by atoms with E-state index in [-0.39, 0.29) is 17.4 Å². The van der Waals surface area contributed by atoms with Crippen molar-refractivity contribution in [3.05, 3.63) is 80.9 Å². The zero-order valence-corrected chi connectivity index (χ0v) is 15.8. The largest absolute Gasteiger partial charge is 0.347 e. The molecule has 6 nitrogen and oxygen atoms in total. The lowest BCUT2D eigenvalue weighted by atomic mass is 10.2. The smallest absolute Gasteiger partial charge is 0.270 e. The second-order valence-electron chi connectivity index (χ2n) is 5.36. The van der Waals surface area contributed by atoms with Crippen LogP contribution in [0.5, 0.6) is 0 Å². The molecule has 1 heterocycles. The molecule has 2 amide bonds. The molecule has 26 heavy (non-hydrogen) atoms. The SMILES string of the molecule is O=C(Nc1n[nH]c(C(=O)NCc2ccccc2)c1Br)c1ccccc1Cl. The Kier molecular flexibility index (Phi) is 5.70. The molecule has 0 atom stereocenters. The number of aromatic amines is 1. The lowest BCUT2D eigenvalue weighted by molar-refractivity contribution is 0.0944. The van der Waals surface area contributed by atoms with E-state index in [1.165, 1.54) is 0 Å². The fourth-order valence-corrected chi connectivity index (χ4v) is 2.93.